The van der Waals surface area contributed by atoms with Crippen LogP contribution in [0.5, 0.6) is 0 Å². The van der Waals surface area contributed by atoms with Crippen LogP contribution in [0.4, 0.5) is 0 Å². The Balaban J connectivity index is 3.20. The van der Waals surface area contributed by atoms with Gasteiger partial charge in [0.05, 0.1) is 0 Å². The van der Waals surface area contributed by atoms with Crippen LogP contribution in [-0.2, 0) is 4.79 Å². The average Bonchev–Trinajstić information content (AvgIpc) is 1.85. The Kier molecular flexibility index (Phi) is 5.53. The molecule has 0 bridgehead atoms. The van der Waals surface area contributed by atoms with Crippen LogP contribution in [0, 0.1) is 5.92 Å². The Hall–Kier alpha value is -0.790. The molecule has 0 radical (unpaired) electrons. The zero-order valence-electron chi connectivity index (χ0n) is 7.21. The molecule has 0 saturated heterocycles. The highest BCUT2D eigenvalue weighted by Gasteiger charge is 1.93. The van der Waals surface area contributed by atoms with Crippen molar-refractivity contribution in [1.82, 2.24) is 0 Å². The quantitative estimate of drug-likeness (QED) is 0.490. The number of carboxylic acid groups (broad SMARTS) is 1. The Labute approximate surface area is 67.9 Å². The first-order valence-electron chi connectivity index (χ1n) is 4.01. The first-order valence-corrected chi connectivity index (χ1v) is 4.01. The van der Waals surface area contributed by atoms with E-state index in [-0.39, 0.29) is 6.42 Å². The molecule has 1 N–H and O–H groups in total. The van der Waals surface area contributed by atoms with Gasteiger partial charge in [0.1, 0.15) is 0 Å². The maximum atomic E-state index is 10.1. The fourth-order valence-corrected chi connectivity index (χ4v) is 0.740. The van der Waals surface area contributed by atoms with E-state index in [4.69, 9.17) is 5.11 Å². The van der Waals surface area contributed by atoms with Crippen LogP contribution >= 0.6 is 0 Å². The second-order valence-electron chi connectivity index (χ2n) is 2.96. The predicted molar refractivity (Wildman–Crippen MR) is 45.5 cm³/mol. The highest BCUT2D eigenvalue weighted by Crippen LogP contribution is 2.00. The van der Waals surface area contributed by atoms with Gasteiger partial charge in [-0.05, 0) is 18.8 Å². The summed E-state index contributed by atoms with van der Waals surface area (Å²) in [4.78, 5) is 10.1. The van der Waals surface area contributed by atoms with E-state index in [1.54, 1.807) is 0 Å². The third-order valence-electron chi connectivity index (χ3n) is 1.28. The summed E-state index contributed by atoms with van der Waals surface area (Å²) in [5.41, 5.74) is 0. The summed E-state index contributed by atoms with van der Waals surface area (Å²) < 4.78 is 0. The standard InChI is InChI=1S/C9H16O2/c1-8(2)6-4-3-5-7-9(10)11/h4,6,8H,3,5,7H2,1-2H3,(H,10,11). The third-order valence-corrected chi connectivity index (χ3v) is 1.28. The van der Waals surface area contributed by atoms with Crippen LogP contribution in [0.3, 0.4) is 0 Å². The van der Waals surface area contributed by atoms with Crippen LogP contribution in [0.2, 0.25) is 0 Å². The SMILES string of the molecule is CC(C)C=CCCCC(=O)O. The average molecular weight is 156 g/mol. The Morgan fingerprint density at radius 3 is 2.64 bits per heavy atom. The zero-order valence-corrected chi connectivity index (χ0v) is 7.21. The van der Waals surface area contributed by atoms with Gasteiger partial charge in [-0.1, -0.05) is 26.0 Å². The molecular weight excluding hydrogens is 140 g/mol. The van der Waals surface area contributed by atoms with E-state index in [1.807, 2.05) is 6.08 Å². The summed E-state index contributed by atoms with van der Waals surface area (Å²) in [6, 6.07) is 0. The van der Waals surface area contributed by atoms with Gasteiger partial charge >= 0.3 is 5.97 Å². The van der Waals surface area contributed by atoms with E-state index in [0.717, 1.165) is 12.8 Å². The van der Waals surface area contributed by atoms with E-state index in [1.165, 1.54) is 0 Å². The molecule has 0 amide bonds. The molecule has 11 heavy (non-hydrogen) atoms. The topological polar surface area (TPSA) is 37.3 Å². The van der Waals surface area contributed by atoms with Gasteiger partial charge in [0.25, 0.3) is 0 Å². The van der Waals surface area contributed by atoms with Gasteiger partial charge in [0, 0.05) is 6.42 Å². The van der Waals surface area contributed by atoms with Crippen molar-refractivity contribution in [1.29, 1.82) is 0 Å². The molecule has 0 aromatic carbocycles. The van der Waals surface area contributed by atoms with Crippen LogP contribution in [0.1, 0.15) is 33.1 Å². The minimum absolute atomic E-state index is 0.280. The maximum absolute atomic E-state index is 10.1. The summed E-state index contributed by atoms with van der Waals surface area (Å²) in [7, 11) is 0. The monoisotopic (exact) mass is 156 g/mol. The molecule has 0 aliphatic rings. The molecule has 2 nitrogen and oxygen atoms in total. The zero-order chi connectivity index (χ0) is 8.69. The lowest BCUT2D eigenvalue weighted by Crippen LogP contribution is -1.92. The summed E-state index contributed by atoms with van der Waals surface area (Å²) >= 11 is 0. The second kappa shape index (κ2) is 5.96. The predicted octanol–water partition coefficient (Wildman–Crippen LogP) is 2.45. The van der Waals surface area contributed by atoms with Crippen molar-refractivity contribution in [2.75, 3.05) is 0 Å². The van der Waals surface area contributed by atoms with E-state index in [2.05, 4.69) is 19.9 Å². The molecule has 0 atom stereocenters. The third kappa shape index (κ3) is 9.21. The van der Waals surface area contributed by atoms with Gasteiger partial charge in [-0.15, -0.1) is 0 Å². The smallest absolute Gasteiger partial charge is 0.303 e. The number of unbranched alkanes of at least 4 members (excludes halogenated alkanes) is 1. The fourth-order valence-electron chi connectivity index (χ4n) is 0.740. The van der Waals surface area contributed by atoms with Crippen molar-refractivity contribution in [3.8, 4) is 0 Å². The molecule has 0 aliphatic carbocycles. The van der Waals surface area contributed by atoms with Crippen LogP contribution in [0.25, 0.3) is 0 Å². The van der Waals surface area contributed by atoms with E-state index in [9.17, 15) is 4.79 Å². The van der Waals surface area contributed by atoms with Crippen LogP contribution in [0.15, 0.2) is 12.2 Å². The normalized spacial score (nSPS) is 11.2. The van der Waals surface area contributed by atoms with Gasteiger partial charge in [-0.3, -0.25) is 4.79 Å². The second-order valence-corrected chi connectivity index (χ2v) is 2.96. The molecule has 2 heteroatoms. The lowest BCUT2D eigenvalue weighted by Gasteiger charge is -1.93. The van der Waals surface area contributed by atoms with E-state index < -0.39 is 5.97 Å². The van der Waals surface area contributed by atoms with Crippen molar-refractivity contribution in [2.45, 2.75) is 33.1 Å². The van der Waals surface area contributed by atoms with Gasteiger partial charge < -0.3 is 5.11 Å². The maximum Gasteiger partial charge on any atom is 0.303 e. The lowest BCUT2D eigenvalue weighted by molar-refractivity contribution is -0.137. The summed E-state index contributed by atoms with van der Waals surface area (Å²) in [5.74, 6) is -0.136. The lowest BCUT2D eigenvalue weighted by atomic mass is 10.1. The van der Waals surface area contributed by atoms with Gasteiger partial charge in [0.15, 0.2) is 0 Å². The molecule has 0 fully saturated rings. The molecule has 0 heterocycles. The summed E-state index contributed by atoms with van der Waals surface area (Å²) in [6.45, 7) is 4.21. The number of hydrogen-bond acceptors (Lipinski definition) is 1. The first kappa shape index (κ1) is 10.2. The molecule has 0 saturated carbocycles. The minimum Gasteiger partial charge on any atom is -0.481 e. The number of rotatable bonds is 5. The first-order chi connectivity index (χ1) is 5.13. The summed E-state index contributed by atoms with van der Waals surface area (Å²) in [6.07, 6.45) is 6.06. The molecule has 0 aromatic heterocycles. The fraction of sp³-hybridized carbons (Fsp3) is 0.667. The molecule has 0 unspecified atom stereocenters. The van der Waals surface area contributed by atoms with Crippen molar-refractivity contribution >= 4 is 5.97 Å². The number of aliphatic carboxylic acids is 1. The Bertz CT molecular complexity index is 136. The Morgan fingerprint density at radius 1 is 1.55 bits per heavy atom. The molecule has 0 aliphatic heterocycles. The molecule has 0 rings (SSSR count). The molecule has 0 aromatic rings. The number of hydrogen-bond donors (Lipinski definition) is 1. The number of carbonyl (C=O) groups is 1. The molecule has 64 valence electrons. The van der Waals surface area contributed by atoms with Crippen molar-refractivity contribution in [3.05, 3.63) is 12.2 Å². The Morgan fingerprint density at radius 2 is 2.18 bits per heavy atom. The van der Waals surface area contributed by atoms with Crippen molar-refractivity contribution in [2.24, 2.45) is 5.92 Å². The van der Waals surface area contributed by atoms with Gasteiger partial charge in [0.2, 0.25) is 0 Å². The largest absolute Gasteiger partial charge is 0.481 e. The number of allylic oxidation sites excluding steroid dienone is 2. The highest BCUT2D eigenvalue weighted by atomic mass is 16.4. The highest BCUT2D eigenvalue weighted by molar-refractivity contribution is 5.66. The molecular formula is C9H16O2. The van der Waals surface area contributed by atoms with E-state index in [0.29, 0.717) is 5.92 Å². The van der Waals surface area contributed by atoms with Gasteiger partial charge in [-0.25, -0.2) is 0 Å². The van der Waals surface area contributed by atoms with Crippen LogP contribution in [-0.4, -0.2) is 11.1 Å². The minimum atomic E-state index is -0.706. The number of carboxylic acids is 1. The van der Waals surface area contributed by atoms with Crippen molar-refractivity contribution < 1.29 is 9.90 Å². The van der Waals surface area contributed by atoms with E-state index >= 15 is 0 Å². The van der Waals surface area contributed by atoms with Gasteiger partial charge in [-0.2, -0.15) is 0 Å². The van der Waals surface area contributed by atoms with Crippen molar-refractivity contribution in [3.63, 3.8) is 0 Å². The van der Waals surface area contributed by atoms with Crippen LogP contribution < -0.4 is 0 Å². The molecule has 0 spiro atoms. The summed E-state index contributed by atoms with van der Waals surface area (Å²) in [5, 5.41) is 8.30.